The summed E-state index contributed by atoms with van der Waals surface area (Å²) in [6, 6.07) is 5.48. The number of halogens is 1. The quantitative estimate of drug-likeness (QED) is 0.917. The van der Waals surface area contributed by atoms with Crippen molar-refractivity contribution < 1.29 is 4.79 Å². The molecule has 2 rings (SSSR count). The molecule has 0 aliphatic carbocycles. The smallest absolute Gasteiger partial charge is 0.241 e. The minimum absolute atomic E-state index is 0.0432. The van der Waals surface area contributed by atoms with Gasteiger partial charge in [0.2, 0.25) is 5.91 Å². The molecule has 1 aliphatic rings. The van der Waals surface area contributed by atoms with Gasteiger partial charge in [-0.15, -0.1) is 0 Å². The molecular formula is C17H25ClN2O. The first-order chi connectivity index (χ1) is 9.88. The number of benzene rings is 1. The van der Waals surface area contributed by atoms with E-state index in [0.29, 0.717) is 16.9 Å². The van der Waals surface area contributed by atoms with Crippen molar-refractivity contribution in [2.24, 2.45) is 11.8 Å². The molecule has 1 fully saturated rings. The molecule has 3 atom stereocenters. The number of amides is 1. The Hall–Kier alpha value is -1.06. The maximum atomic E-state index is 12.5. The van der Waals surface area contributed by atoms with Gasteiger partial charge in [-0.25, -0.2) is 0 Å². The molecule has 0 spiro atoms. The Balaban J connectivity index is 2.04. The van der Waals surface area contributed by atoms with Crippen LogP contribution in [-0.2, 0) is 4.79 Å². The van der Waals surface area contributed by atoms with E-state index in [-0.39, 0.29) is 11.9 Å². The second-order valence-corrected chi connectivity index (χ2v) is 6.88. The summed E-state index contributed by atoms with van der Waals surface area (Å²) in [6.07, 6.45) is 1.25. The molecule has 0 radical (unpaired) electrons. The average molecular weight is 309 g/mol. The first-order valence-electron chi connectivity index (χ1n) is 7.68. The zero-order valence-corrected chi connectivity index (χ0v) is 14.1. The number of nitrogens with zero attached hydrogens (tertiary/aromatic N) is 1. The number of carbonyl (C=O) groups excluding carboxylic acids is 1. The van der Waals surface area contributed by atoms with Gasteiger partial charge in [0.15, 0.2) is 0 Å². The van der Waals surface area contributed by atoms with E-state index in [2.05, 4.69) is 24.1 Å². The van der Waals surface area contributed by atoms with E-state index >= 15 is 0 Å². The van der Waals surface area contributed by atoms with Crippen LogP contribution in [0.15, 0.2) is 18.2 Å². The van der Waals surface area contributed by atoms with Crippen LogP contribution in [0.25, 0.3) is 0 Å². The van der Waals surface area contributed by atoms with E-state index in [1.54, 1.807) is 0 Å². The summed E-state index contributed by atoms with van der Waals surface area (Å²) in [6.45, 7) is 10.4. The third kappa shape index (κ3) is 3.98. The zero-order chi connectivity index (χ0) is 15.6. The molecule has 0 aromatic heterocycles. The van der Waals surface area contributed by atoms with Crippen molar-refractivity contribution in [2.75, 3.05) is 18.4 Å². The van der Waals surface area contributed by atoms with Gasteiger partial charge < -0.3 is 5.32 Å². The molecule has 3 nitrogen and oxygen atoms in total. The lowest BCUT2D eigenvalue weighted by Crippen LogP contribution is -2.48. The average Bonchev–Trinajstić information content (AvgIpc) is 2.42. The molecule has 1 aromatic rings. The molecule has 0 bridgehead atoms. The van der Waals surface area contributed by atoms with Crippen LogP contribution in [0.5, 0.6) is 0 Å². The van der Waals surface area contributed by atoms with Gasteiger partial charge >= 0.3 is 0 Å². The van der Waals surface area contributed by atoms with Crippen molar-refractivity contribution in [3.8, 4) is 0 Å². The minimum atomic E-state index is -0.117. The van der Waals surface area contributed by atoms with E-state index < -0.39 is 0 Å². The van der Waals surface area contributed by atoms with Crippen molar-refractivity contribution in [1.82, 2.24) is 4.90 Å². The van der Waals surface area contributed by atoms with Crippen molar-refractivity contribution >= 4 is 23.2 Å². The predicted molar refractivity (Wildman–Crippen MR) is 88.8 cm³/mol. The number of carbonyl (C=O) groups is 1. The van der Waals surface area contributed by atoms with Crippen molar-refractivity contribution in [1.29, 1.82) is 0 Å². The summed E-state index contributed by atoms with van der Waals surface area (Å²) < 4.78 is 0. The number of piperidine rings is 1. The van der Waals surface area contributed by atoms with Crippen LogP contribution in [0.2, 0.25) is 5.02 Å². The number of hydrogen-bond acceptors (Lipinski definition) is 2. The predicted octanol–water partition coefficient (Wildman–Crippen LogP) is 3.95. The highest BCUT2D eigenvalue weighted by atomic mass is 35.5. The van der Waals surface area contributed by atoms with Gasteiger partial charge in [0.1, 0.15) is 0 Å². The van der Waals surface area contributed by atoms with Crippen molar-refractivity contribution in [2.45, 2.75) is 40.2 Å². The van der Waals surface area contributed by atoms with Crippen LogP contribution < -0.4 is 5.32 Å². The van der Waals surface area contributed by atoms with E-state index in [1.807, 2.05) is 32.0 Å². The molecule has 1 aliphatic heterocycles. The van der Waals surface area contributed by atoms with Crippen molar-refractivity contribution in [3.05, 3.63) is 28.8 Å². The highest BCUT2D eigenvalue weighted by Crippen LogP contribution is 2.25. The largest absolute Gasteiger partial charge is 0.324 e. The summed E-state index contributed by atoms with van der Waals surface area (Å²) in [7, 11) is 0. The van der Waals surface area contributed by atoms with Crippen LogP contribution >= 0.6 is 11.6 Å². The Labute approximate surface area is 132 Å². The van der Waals surface area contributed by atoms with Gasteiger partial charge in [-0.05, 0) is 49.8 Å². The molecule has 0 saturated carbocycles. The van der Waals surface area contributed by atoms with Crippen LogP contribution in [-0.4, -0.2) is 29.9 Å². The molecule has 1 amide bonds. The first kappa shape index (κ1) is 16.3. The Bertz CT molecular complexity index is 508. The SMILES string of the molecule is Cc1c(Cl)cccc1NC(=O)[C@H](C)N1C[C@@H](C)C[C@H](C)C1. The lowest BCUT2D eigenvalue weighted by molar-refractivity contribution is -0.121. The van der Waals surface area contributed by atoms with Crippen LogP contribution in [0.1, 0.15) is 32.8 Å². The fourth-order valence-electron chi connectivity index (χ4n) is 3.17. The highest BCUT2D eigenvalue weighted by molar-refractivity contribution is 6.31. The number of nitrogens with one attached hydrogen (secondary N) is 1. The molecule has 1 aromatic carbocycles. The maximum Gasteiger partial charge on any atom is 0.241 e. The molecule has 0 unspecified atom stereocenters. The third-order valence-electron chi connectivity index (χ3n) is 4.35. The summed E-state index contributed by atoms with van der Waals surface area (Å²) in [5, 5.41) is 3.69. The number of likely N-dealkylation sites (tertiary alicyclic amines) is 1. The number of rotatable bonds is 3. The van der Waals surface area contributed by atoms with Gasteiger partial charge in [0, 0.05) is 23.8 Å². The molecule has 1 heterocycles. The highest BCUT2D eigenvalue weighted by Gasteiger charge is 2.28. The number of hydrogen-bond donors (Lipinski definition) is 1. The van der Waals surface area contributed by atoms with Gasteiger partial charge in [0.25, 0.3) is 0 Å². The molecule has 4 heteroatoms. The Morgan fingerprint density at radius 3 is 2.57 bits per heavy atom. The Morgan fingerprint density at radius 1 is 1.33 bits per heavy atom. The first-order valence-corrected chi connectivity index (χ1v) is 8.06. The monoisotopic (exact) mass is 308 g/mol. The van der Waals surface area contributed by atoms with Crippen LogP contribution in [0, 0.1) is 18.8 Å². The molecule has 1 N–H and O–H groups in total. The minimum Gasteiger partial charge on any atom is -0.324 e. The lowest BCUT2D eigenvalue weighted by Gasteiger charge is -2.38. The Kier molecular flexibility index (Phi) is 5.28. The molecular weight excluding hydrogens is 284 g/mol. The summed E-state index contributed by atoms with van der Waals surface area (Å²) in [5.74, 6) is 1.34. The van der Waals surface area contributed by atoms with Gasteiger partial charge in [0.05, 0.1) is 6.04 Å². The maximum absolute atomic E-state index is 12.5. The number of anilines is 1. The summed E-state index contributed by atoms with van der Waals surface area (Å²) in [5.41, 5.74) is 1.72. The fraction of sp³-hybridized carbons (Fsp3) is 0.588. The Morgan fingerprint density at radius 2 is 1.95 bits per heavy atom. The van der Waals surface area contributed by atoms with E-state index in [4.69, 9.17) is 11.6 Å². The van der Waals surface area contributed by atoms with E-state index in [9.17, 15) is 4.79 Å². The van der Waals surface area contributed by atoms with Crippen molar-refractivity contribution in [3.63, 3.8) is 0 Å². The van der Waals surface area contributed by atoms with E-state index in [1.165, 1.54) is 6.42 Å². The normalized spacial score (nSPS) is 24.6. The molecule has 21 heavy (non-hydrogen) atoms. The van der Waals surface area contributed by atoms with E-state index in [0.717, 1.165) is 24.3 Å². The second kappa shape index (κ2) is 6.80. The van der Waals surface area contributed by atoms with Crippen LogP contribution in [0.4, 0.5) is 5.69 Å². The standard InChI is InChI=1S/C17H25ClN2O/c1-11-8-12(2)10-20(9-11)14(4)17(21)19-16-7-5-6-15(18)13(16)3/h5-7,11-12,14H,8-10H2,1-4H3,(H,19,21)/t11-,12-,14-/m0/s1. The second-order valence-electron chi connectivity index (χ2n) is 6.48. The molecule has 116 valence electrons. The fourth-order valence-corrected chi connectivity index (χ4v) is 3.35. The van der Waals surface area contributed by atoms with Gasteiger partial charge in [-0.1, -0.05) is 31.5 Å². The third-order valence-corrected chi connectivity index (χ3v) is 4.76. The van der Waals surface area contributed by atoms with Gasteiger partial charge in [-0.3, -0.25) is 9.69 Å². The lowest BCUT2D eigenvalue weighted by atomic mass is 9.91. The topological polar surface area (TPSA) is 32.3 Å². The summed E-state index contributed by atoms with van der Waals surface area (Å²) in [4.78, 5) is 14.8. The van der Waals surface area contributed by atoms with Crippen LogP contribution in [0.3, 0.4) is 0 Å². The molecule has 1 saturated heterocycles. The van der Waals surface area contributed by atoms with Gasteiger partial charge in [-0.2, -0.15) is 0 Å². The summed E-state index contributed by atoms with van der Waals surface area (Å²) >= 11 is 6.10. The zero-order valence-electron chi connectivity index (χ0n) is 13.3.